The molecule has 1 fully saturated rings. The van der Waals surface area contributed by atoms with Gasteiger partial charge in [-0.15, -0.1) is 0 Å². The summed E-state index contributed by atoms with van der Waals surface area (Å²) in [6, 6.07) is 5.32. The van der Waals surface area contributed by atoms with E-state index in [2.05, 4.69) is 4.98 Å². The number of oxazole rings is 1. The fourth-order valence-electron chi connectivity index (χ4n) is 2.85. The highest BCUT2D eigenvalue weighted by atomic mass is 32.1. The van der Waals surface area contributed by atoms with Crippen LogP contribution in [0.5, 0.6) is 0 Å². The first kappa shape index (κ1) is 14.3. The number of amides is 1. The second kappa shape index (κ2) is 5.61. The van der Waals surface area contributed by atoms with E-state index in [1.165, 1.54) is 0 Å². The topological polar surface area (TPSA) is 69.5 Å². The predicted octanol–water partition coefficient (Wildman–Crippen LogP) is 2.72. The molecule has 112 valence electrons. The number of benzene rings is 1. The van der Waals surface area contributed by atoms with E-state index in [4.69, 9.17) is 16.6 Å². The molecule has 0 unspecified atom stereocenters. The number of fused-ring (bicyclic) bond motifs is 1. The Bertz CT molecular complexity index is 711. The van der Waals surface area contributed by atoms with E-state index in [-0.39, 0.29) is 12.0 Å². The third kappa shape index (κ3) is 2.87. The van der Waals surface area contributed by atoms with E-state index in [1.807, 2.05) is 17.9 Å². The highest BCUT2D eigenvalue weighted by molar-refractivity contribution is 7.71. The zero-order valence-electron chi connectivity index (χ0n) is 11.8. The molecular weight excluding hydrogens is 288 g/mol. The molecule has 5 nitrogen and oxygen atoms in total. The van der Waals surface area contributed by atoms with Gasteiger partial charge in [0, 0.05) is 18.7 Å². The van der Waals surface area contributed by atoms with Crippen LogP contribution in [0.2, 0.25) is 0 Å². The maximum absolute atomic E-state index is 12.5. The summed E-state index contributed by atoms with van der Waals surface area (Å²) >= 11 is 4.94. The van der Waals surface area contributed by atoms with E-state index in [0.29, 0.717) is 35.0 Å². The van der Waals surface area contributed by atoms with Crippen LogP contribution in [0, 0.1) is 10.8 Å². The summed E-state index contributed by atoms with van der Waals surface area (Å²) in [6.45, 7) is 3.18. The molecule has 2 aromatic rings. The van der Waals surface area contributed by atoms with Gasteiger partial charge in [-0.05, 0) is 56.1 Å². The minimum atomic E-state index is -0.303. The molecule has 6 heteroatoms. The van der Waals surface area contributed by atoms with Gasteiger partial charge < -0.3 is 19.4 Å². The van der Waals surface area contributed by atoms with Gasteiger partial charge in [0.1, 0.15) is 0 Å². The summed E-state index contributed by atoms with van der Waals surface area (Å²) in [5.41, 5.74) is 2.00. The van der Waals surface area contributed by atoms with Crippen LogP contribution in [-0.4, -0.2) is 40.1 Å². The SMILES string of the molecule is C[C@H](O)C1CCN(C(=O)c2ccc3[nH]c(=S)oc3c2)CC1. The maximum atomic E-state index is 12.5. The van der Waals surface area contributed by atoms with Crippen LogP contribution >= 0.6 is 12.2 Å². The van der Waals surface area contributed by atoms with Gasteiger partial charge in [0.15, 0.2) is 5.58 Å². The molecule has 0 radical (unpaired) electrons. The van der Waals surface area contributed by atoms with Gasteiger partial charge in [0.05, 0.1) is 11.6 Å². The first-order valence-electron chi connectivity index (χ1n) is 7.15. The summed E-state index contributed by atoms with van der Waals surface area (Å²) in [5, 5.41) is 9.61. The Kier molecular flexibility index (Phi) is 3.82. The highest BCUT2D eigenvalue weighted by Gasteiger charge is 2.26. The zero-order chi connectivity index (χ0) is 15.0. The molecule has 1 aliphatic rings. The van der Waals surface area contributed by atoms with Crippen LogP contribution < -0.4 is 0 Å². The molecule has 0 saturated carbocycles. The Balaban J connectivity index is 1.76. The molecule has 1 aromatic carbocycles. The van der Waals surface area contributed by atoms with E-state index in [1.54, 1.807) is 12.1 Å². The molecular formula is C15H18N2O3S. The molecule has 1 aliphatic heterocycles. The standard InChI is InChI=1S/C15H18N2O3S/c1-9(18)10-4-6-17(7-5-10)14(19)11-2-3-12-13(8-11)20-15(21)16-12/h2-3,8-10,18H,4-7H2,1H3,(H,16,21)/t9-/m0/s1. The fourth-order valence-corrected chi connectivity index (χ4v) is 3.05. The number of hydrogen-bond acceptors (Lipinski definition) is 4. The van der Waals surface area contributed by atoms with E-state index in [0.717, 1.165) is 18.4 Å². The number of carbonyl (C=O) groups excluding carboxylic acids is 1. The quantitative estimate of drug-likeness (QED) is 0.837. The Hall–Kier alpha value is -1.66. The molecule has 0 bridgehead atoms. The number of piperidine rings is 1. The Labute approximate surface area is 127 Å². The van der Waals surface area contributed by atoms with Crippen LogP contribution in [0.25, 0.3) is 11.1 Å². The van der Waals surface area contributed by atoms with Crippen molar-refractivity contribution in [3.63, 3.8) is 0 Å². The Morgan fingerprint density at radius 3 is 2.86 bits per heavy atom. The van der Waals surface area contributed by atoms with Gasteiger partial charge in [-0.25, -0.2) is 0 Å². The lowest BCUT2D eigenvalue weighted by molar-refractivity contribution is 0.0521. The normalized spacial score (nSPS) is 18.1. The third-order valence-electron chi connectivity index (χ3n) is 4.18. The molecule has 1 aromatic heterocycles. The second-order valence-corrected chi connectivity index (χ2v) is 5.97. The molecule has 1 atom stereocenters. The minimum Gasteiger partial charge on any atom is -0.429 e. The van der Waals surface area contributed by atoms with Gasteiger partial charge >= 0.3 is 0 Å². The molecule has 0 aliphatic carbocycles. The first-order chi connectivity index (χ1) is 10.0. The van der Waals surface area contributed by atoms with Crippen molar-refractivity contribution in [1.29, 1.82) is 0 Å². The number of nitrogens with zero attached hydrogens (tertiary/aromatic N) is 1. The van der Waals surface area contributed by atoms with Crippen LogP contribution in [0.1, 0.15) is 30.1 Å². The summed E-state index contributed by atoms with van der Waals surface area (Å²) in [5.74, 6) is 0.294. The lowest BCUT2D eigenvalue weighted by Gasteiger charge is -2.33. The molecule has 21 heavy (non-hydrogen) atoms. The summed E-state index contributed by atoms with van der Waals surface area (Å²) in [4.78, 5) is 17.6. The van der Waals surface area contributed by atoms with E-state index >= 15 is 0 Å². The lowest BCUT2D eigenvalue weighted by Crippen LogP contribution is -2.40. The van der Waals surface area contributed by atoms with Gasteiger partial charge in [-0.2, -0.15) is 0 Å². The summed E-state index contributed by atoms with van der Waals surface area (Å²) < 4.78 is 5.35. The smallest absolute Gasteiger partial charge is 0.266 e. The van der Waals surface area contributed by atoms with Gasteiger partial charge in [0.2, 0.25) is 0 Å². The second-order valence-electron chi connectivity index (χ2n) is 5.60. The van der Waals surface area contributed by atoms with Crippen LogP contribution in [0.15, 0.2) is 22.6 Å². The number of likely N-dealkylation sites (tertiary alicyclic amines) is 1. The largest absolute Gasteiger partial charge is 0.429 e. The summed E-state index contributed by atoms with van der Waals surface area (Å²) in [7, 11) is 0. The number of hydrogen-bond donors (Lipinski definition) is 2. The lowest BCUT2D eigenvalue weighted by atomic mass is 9.92. The van der Waals surface area contributed by atoms with Crippen LogP contribution in [0.4, 0.5) is 0 Å². The number of aromatic amines is 1. The average Bonchev–Trinajstić information content (AvgIpc) is 2.85. The molecule has 1 saturated heterocycles. The number of nitrogens with one attached hydrogen (secondary N) is 1. The highest BCUT2D eigenvalue weighted by Crippen LogP contribution is 2.23. The fraction of sp³-hybridized carbons (Fsp3) is 0.467. The number of aromatic nitrogens is 1. The number of rotatable bonds is 2. The van der Waals surface area contributed by atoms with Crippen molar-refractivity contribution in [1.82, 2.24) is 9.88 Å². The number of carbonyl (C=O) groups is 1. The van der Waals surface area contributed by atoms with Crippen molar-refractivity contribution in [3.8, 4) is 0 Å². The van der Waals surface area contributed by atoms with Crippen molar-refractivity contribution in [2.24, 2.45) is 5.92 Å². The van der Waals surface area contributed by atoms with E-state index < -0.39 is 0 Å². The van der Waals surface area contributed by atoms with Crippen molar-refractivity contribution >= 4 is 29.2 Å². The minimum absolute atomic E-state index is 0.00302. The van der Waals surface area contributed by atoms with Gasteiger partial charge in [-0.1, -0.05) is 0 Å². The third-order valence-corrected chi connectivity index (χ3v) is 4.36. The van der Waals surface area contributed by atoms with E-state index in [9.17, 15) is 9.90 Å². The molecule has 0 spiro atoms. The predicted molar refractivity (Wildman–Crippen MR) is 81.7 cm³/mol. The van der Waals surface area contributed by atoms with Crippen molar-refractivity contribution in [2.45, 2.75) is 25.9 Å². The number of aliphatic hydroxyl groups excluding tert-OH is 1. The molecule has 1 amide bonds. The van der Waals surface area contributed by atoms with Crippen molar-refractivity contribution < 1.29 is 14.3 Å². The molecule has 2 N–H and O–H groups in total. The zero-order valence-corrected chi connectivity index (χ0v) is 12.7. The van der Waals surface area contributed by atoms with Crippen molar-refractivity contribution in [2.75, 3.05) is 13.1 Å². The Morgan fingerprint density at radius 1 is 1.48 bits per heavy atom. The van der Waals surface area contributed by atoms with Gasteiger partial charge in [-0.3, -0.25) is 4.79 Å². The van der Waals surface area contributed by atoms with Crippen molar-refractivity contribution in [3.05, 3.63) is 28.6 Å². The Morgan fingerprint density at radius 2 is 2.19 bits per heavy atom. The number of H-pyrrole nitrogens is 1. The van der Waals surface area contributed by atoms with Gasteiger partial charge in [0.25, 0.3) is 10.7 Å². The number of aliphatic hydroxyl groups is 1. The monoisotopic (exact) mass is 306 g/mol. The maximum Gasteiger partial charge on any atom is 0.266 e. The first-order valence-corrected chi connectivity index (χ1v) is 7.55. The average molecular weight is 306 g/mol. The molecule has 2 heterocycles. The summed E-state index contributed by atoms with van der Waals surface area (Å²) in [6.07, 6.45) is 1.38. The van der Waals surface area contributed by atoms with Crippen LogP contribution in [0.3, 0.4) is 0 Å². The molecule has 3 rings (SSSR count). The van der Waals surface area contributed by atoms with Crippen LogP contribution in [-0.2, 0) is 0 Å².